The van der Waals surface area contributed by atoms with Crippen molar-refractivity contribution in [3.8, 4) is 0 Å². The van der Waals surface area contributed by atoms with Gasteiger partial charge in [0.15, 0.2) is 23.3 Å². The van der Waals surface area contributed by atoms with Gasteiger partial charge in [0.25, 0.3) is 5.91 Å². The van der Waals surface area contributed by atoms with E-state index >= 15 is 0 Å². The zero-order valence-corrected chi connectivity index (χ0v) is 14.9. The quantitative estimate of drug-likeness (QED) is 0.572. The molecule has 2 atom stereocenters. The molecule has 1 aromatic rings. The molecule has 1 amide bonds. The molecular formula is C20H17F3N2O4. The van der Waals surface area contributed by atoms with Crippen LogP contribution >= 0.6 is 0 Å². The number of aliphatic hydroxyl groups excluding tert-OH is 2. The number of halogens is 3. The predicted molar refractivity (Wildman–Crippen MR) is 99.1 cm³/mol. The lowest BCUT2D eigenvalue weighted by molar-refractivity contribution is -0.160. The number of ketones is 1. The third-order valence-corrected chi connectivity index (χ3v) is 4.51. The number of hydrogen-bond acceptors (Lipinski definition) is 5. The molecule has 1 aromatic carbocycles. The molecule has 0 fully saturated rings. The Hall–Kier alpha value is -3.49. The van der Waals surface area contributed by atoms with Gasteiger partial charge in [0.2, 0.25) is 0 Å². The van der Waals surface area contributed by atoms with Gasteiger partial charge in [-0.25, -0.2) is 0 Å². The van der Waals surface area contributed by atoms with Gasteiger partial charge in [-0.05, 0) is 36.8 Å². The highest BCUT2D eigenvalue weighted by atomic mass is 19.4. The Labute approximate surface area is 163 Å². The van der Waals surface area contributed by atoms with Crippen LogP contribution in [-0.4, -0.2) is 34.1 Å². The molecule has 9 heteroatoms. The van der Waals surface area contributed by atoms with Crippen molar-refractivity contribution in [2.45, 2.75) is 18.6 Å². The third kappa shape index (κ3) is 4.50. The number of carbonyl (C=O) groups excluding carboxylic acids is 2. The van der Waals surface area contributed by atoms with Crippen LogP contribution < -0.4 is 10.6 Å². The maximum Gasteiger partial charge on any atom is 0.395 e. The molecule has 0 radical (unpaired) electrons. The second-order valence-corrected chi connectivity index (χ2v) is 6.53. The average Bonchev–Trinajstić information content (AvgIpc) is 2.69. The molecule has 0 bridgehead atoms. The van der Waals surface area contributed by atoms with Crippen LogP contribution in [0.15, 0.2) is 71.9 Å². The monoisotopic (exact) mass is 406 g/mol. The lowest BCUT2D eigenvalue weighted by Gasteiger charge is -2.21. The molecule has 4 N–H and O–H groups in total. The maximum absolute atomic E-state index is 12.9. The summed E-state index contributed by atoms with van der Waals surface area (Å²) in [5.41, 5.74) is 0.542. The zero-order chi connectivity index (χ0) is 21.2. The summed E-state index contributed by atoms with van der Waals surface area (Å²) in [6.07, 6.45) is 1.27. The van der Waals surface area contributed by atoms with Crippen molar-refractivity contribution in [3.63, 3.8) is 0 Å². The number of aliphatic hydroxyl groups is 2. The van der Waals surface area contributed by atoms with Crippen LogP contribution in [0, 0.1) is 5.92 Å². The number of Topliss-reactive ketones (excluding diaryl/α,β-unsaturated/α-hetero) is 1. The Bertz CT molecular complexity index is 943. The van der Waals surface area contributed by atoms with Crippen LogP contribution in [0.25, 0.3) is 0 Å². The first-order valence-corrected chi connectivity index (χ1v) is 8.61. The second kappa shape index (κ2) is 7.86. The molecule has 152 valence electrons. The number of benzene rings is 1. The molecule has 2 unspecified atom stereocenters. The summed E-state index contributed by atoms with van der Waals surface area (Å²) in [6.45, 7) is 0. The Kier molecular flexibility index (Phi) is 5.49. The normalized spacial score (nSPS) is 21.4. The van der Waals surface area contributed by atoms with Gasteiger partial charge in [-0.3, -0.25) is 9.59 Å². The number of rotatable bonds is 4. The van der Waals surface area contributed by atoms with Crippen LogP contribution in [-0.2, 0) is 4.79 Å². The number of hydrogen-bond donors (Lipinski definition) is 4. The van der Waals surface area contributed by atoms with Gasteiger partial charge in [0.1, 0.15) is 0 Å². The number of carbonyl (C=O) groups is 2. The van der Waals surface area contributed by atoms with E-state index in [0.717, 1.165) is 6.08 Å². The minimum Gasteiger partial charge on any atom is -0.506 e. The summed E-state index contributed by atoms with van der Waals surface area (Å²) in [6, 6.07) is 4.44. The first-order chi connectivity index (χ1) is 13.7. The minimum atomic E-state index is -4.42. The van der Waals surface area contributed by atoms with E-state index in [9.17, 15) is 33.0 Å². The van der Waals surface area contributed by atoms with E-state index < -0.39 is 47.8 Å². The smallest absolute Gasteiger partial charge is 0.395 e. The number of allylic oxidation sites excluding steroid dienone is 5. The molecule has 1 heterocycles. The van der Waals surface area contributed by atoms with Gasteiger partial charge in [0, 0.05) is 23.0 Å². The summed E-state index contributed by atoms with van der Waals surface area (Å²) < 4.78 is 38.7. The van der Waals surface area contributed by atoms with Crippen molar-refractivity contribution in [2.75, 3.05) is 5.32 Å². The van der Waals surface area contributed by atoms with Crippen LogP contribution in [0.4, 0.5) is 18.9 Å². The van der Waals surface area contributed by atoms with E-state index in [1.165, 1.54) is 48.7 Å². The van der Waals surface area contributed by atoms with Gasteiger partial charge in [0.05, 0.1) is 5.92 Å². The molecule has 6 nitrogen and oxygen atoms in total. The van der Waals surface area contributed by atoms with Crippen LogP contribution in [0.3, 0.4) is 0 Å². The minimum absolute atomic E-state index is 0.0512. The molecule has 1 aliphatic heterocycles. The molecule has 1 aliphatic carbocycles. The fourth-order valence-corrected chi connectivity index (χ4v) is 2.91. The third-order valence-electron chi connectivity index (χ3n) is 4.51. The molecule has 2 aliphatic rings. The highest BCUT2D eigenvalue weighted by molar-refractivity contribution is 6.09. The predicted octanol–water partition coefficient (Wildman–Crippen LogP) is 3.69. The average molecular weight is 406 g/mol. The van der Waals surface area contributed by atoms with E-state index in [0.29, 0.717) is 5.69 Å². The van der Waals surface area contributed by atoms with Crippen LogP contribution in [0.1, 0.15) is 16.8 Å². The van der Waals surface area contributed by atoms with Crippen molar-refractivity contribution < 1.29 is 33.0 Å². The highest BCUT2D eigenvalue weighted by Crippen LogP contribution is 2.35. The fourth-order valence-electron chi connectivity index (χ4n) is 2.91. The van der Waals surface area contributed by atoms with Gasteiger partial charge in [-0.2, -0.15) is 13.2 Å². The lowest BCUT2D eigenvalue weighted by atomic mass is 9.89. The maximum atomic E-state index is 12.9. The van der Waals surface area contributed by atoms with Crippen molar-refractivity contribution in [2.24, 2.45) is 5.92 Å². The van der Waals surface area contributed by atoms with Gasteiger partial charge in [-0.1, -0.05) is 18.2 Å². The number of nitrogens with one attached hydrogen (secondary N) is 2. The lowest BCUT2D eigenvalue weighted by Crippen LogP contribution is -2.41. The zero-order valence-electron chi connectivity index (χ0n) is 14.9. The first-order valence-electron chi connectivity index (χ1n) is 8.61. The summed E-state index contributed by atoms with van der Waals surface area (Å²) >= 11 is 0. The van der Waals surface area contributed by atoms with Crippen molar-refractivity contribution >= 4 is 17.4 Å². The van der Waals surface area contributed by atoms with E-state index in [-0.39, 0.29) is 11.1 Å². The van der Waals surface area contributed by atoms with Crippen LogP contribution in [0.5, 0.6) is 0 Å². The number of alkyl halides is 3. The number of dihydropyridines is 1. The SMILES string of the molecule is O=C(C1=CC=CC(C(F)(F)F)C1)c1ccc(NC(=O)C2NC=CC(O)=C2O)cc1. The van der Waals surface area contributed by atoms with E-state index in [2.05, 4.69) is 10.6 Å². The number of amides is 1. The largest absolute Gasteiger partial charge is 0.506 e. The Morgan fingerprint density at radius 2 is 1.83 bits per heavy atom. The van der Waals surface area contributed by atoms with Crippen LogP contribution in [0.2, 0.25) is 0 Å². The van der Waals surface area contributed by atoms with E-state index in [4.69, 9.17) is 0 Å². The van der Waals surface area contributed by atoms with Gasteiger partial charge < -0.3 is 20.8 Å². The second-order valence-electron chi connectivity index (χ2n) is 6.53. The van der Waals surface area contributed by atoms with E-state index in [1.807, 2.05) is 0 Å². The summed E-state index contributed by atoms with van der Waals surface area (Å²) in [5.74, 6) is -3.83. The molecule has 3 rings (SSSR count). The first kappa shape index (κ1) is 20.2. The fraction of sp³-hybridized carbons (Fsp3) is 0.200. The molecular weight excluding hydrogens is 389 g/mol. The van der Waals surface area contributed by atoms with E-state index in [1.54, 1.807) is 0 Å². The Balaban J connectivity index is 1.67. The standard InChI is InChI=1S/C20H17F3N2O4/c21-20(22,23)13-3-1-2-12(10-13)17(27)11-4-6-14(7-5-11)25-19(29)16-18(28)15(26)8-9-24-16/h1-9,13,16,24,26,28H,10H2,(H,25,29). The van der Waals surface area contributed by atoms with Crippen molar-refractivity contribution in [3.05, 3.63) is 77.4 Å². The molecule has 29 heavy (non-hydrogen) atoms. The Morgan fingerprint density at radius 3 is 2.48 bits per heavy atom. The van der Waals surface area contributed by atoms with Gasteiger partial charge in [-0.15, -0.1) is 0 Å². The van der Waals surface area contributed by atoms with Gasteiger partial charge >= 0.3 is 6.18 Å². The number of anilines is 1. The molecule has 0 aromatic heterocycles. The summed E-state index contributed by atoms with van der Waals surface area (Å²) in [7, 11) is 0. The highest BCUT2D eigenvalue weighted by Gasteiger charge is 2.39. The Morgan fingerprint density at radius 1 is 1.14 bits per heavy atom. The molecule has 0 saturated carbocycles. The molecule has 0 saturated heterocycles. The molecule has 0 spiro atoms. The summed E-state index contributed by atoms with van der Waals surface area (Å²) in [5, 5.41) is 24.3. The van der Waals surface area contributed by atoms with Crippen molar-refractivity contribution in [1.82, 2.24) is 5.32 Å². The topological polar surface area (TPSA) is 98.7 Å². The summed E-state index contributed by atoms with van der Waals surface area (Å²) in [4.78, 5) is 24.7. The van der Waals surface area contributed by atoms with Crippen molar-refractivity contribution in [1.29, 1.82) is 0 Å².